The molecule has 1 aromatic heterocycles. The van der Waals surface area contributed by atoms with Gasteiger partial charge in [-0.15, -0.1) is 0 Å². The zero-order valence-corrected chi connectivity index (χ0v) is 17.1. The summed E-state index contributed by atoms with van der Waals surface area (Å²) in [6.45, 7) is 9.62. The van der Waals surface area contributed by atoms with E-state index in [2.05, 4.69) is 15.3 Å². The standard InChI is InChI=1S/C21H24N4O4/c1-6-25(20-23-13(2)11-14(3)24-20)16-9-7-15(8-10-16)22-12-17-18(26)28-21(4,5)29-19(17)27/h7-12,22H,6H2,1-5H3. The van der Waals surface area contributed by atoms with Gasteiger partial charge < -0.3 is 19.7 Å². The molecule has 0 amide bonds. The molecule has 0 saturated carbocycles. The van der Waals surface area contributed by atoms with Gasteiger partial charge in [0.1, 0.15) is 0 Å². The molecule has 1 N–H and O–H groups in total. The summed E-state index contributed by atoms with van der Waals surface area (Å²) in [5, 5.41) is 2.93. The van der Waals surface area contributed by atoms with Gasteiger partial charge in [0.2, 0.25) is 5.95 Å². The lowest BCUT2D eigenvalue weighted by Gasteiger charge is -2.29. The predicted molar refractivity (Wildman–Crippen MR) is 109 cm³/mol. The first-order valence-corrected chi connectivity index (χ1v) is 9.32. The average Bonchev–Trinajstić information content (AvgIpc) is 2.61. The molecule has 8 heteroatoms. The van der Waals surface area contributed by atoms with Crippen molar-refractivity contribution in [3.05, 3.63) is 53.5 Å². The van der Waals surface area contributed by atoms with Crippen LogP contribution in [0.1, 0.15) is 32.2 Å². The number of anilines is 3. The fraction of sp³-hybridized carbons (Fsp3) is 0.333. The van der Waals surface area contributed by atoms with Crippen LogP contribution in [0.4, 0.5) is 17.3 Å². The van der Waals surface area contributed by atoms with Crippen LogP contribution in [0.5, 0.6) is 0 Å². The second kappa shape index (κ2) is 7.90. The highest BCUT2D eigenvalue weighted by molar-refractivity contribution is 6.15. The van der Waals surface area contributed by atoms with Gasteiger partial charge in [-0.25, -0.2) is 19.6 Å². The predicted octanol–water partition coefficient (Wildman–Crippen LogP) is 3.38. The highest BCUT2D eigenvalue weighted by Crippen LogP contribution is 2.25. The second-order valence-corrected chi connectivity index (χ2v) is 7.12. The Labute approximate surface area is 169 Å². The van der Waals surface area contributed by atoms with E-state index in [0.717, 1.165) is 17.1 Å². The number of benzene rings is 1. The highest BCUT2D eigenvalue weighted by atomic mass is 16.7. The molecule has 1 fully saturated rings. The third-order valence-corrected chi connectivity index (χ3v) is 4.21. The Kier molecular flexibility index (Phi) is 5.54. The molecular weight excluding hydrogens is 372 g/mol. The summed E-state index contributed by atoms with van der Waals surface area (Å²) in [5.74, 6) is -2.06. The van der Waals surface area contributed by atoms with E-state index in [1.54, 1.807) is 0 Å². The van der Waals surface area contributed by atoms with Gasteiger partial charge >= 0.3 is 11.9 Å². The summed E-state index contributed by atoms with van der Waals surface area (Å²) in [4.78, 5) is 35.0. The van der Waals surface area contributed by atoms with Crippen LogP contribution in [0.3, 0.4) is 0 Å². The van der Waals surface area contributed by atoms with Crippen LogP contribution < -0.4 is 10.2 Å². The Hall–Kier alpha value is -3.42. The molecule has 0 radical (unpaired) electrons. The fourth-order valence-electron chi connectivity index (χ4n) is 2.94. The van der Waals surface area contributed by atoms with E-state index < -0.39 is 17.7 Å². The second-order valence-electron chi connectivity index (χ2n) is 7.12. The summed E-state index contributed by atoms with van der Waals surface area (Å²) in [5.41, 5.74) is 3.25. The minimum Gasteiger partial charge on any atom is -0.419 e. The number of esters is 2. The number of hydrogen-bond donors (Lipinski definition) is 1. The van der Waals surface area contributed by atoms with E-state index in [1.165, 1.54) is 20.0 Å². The van der Waals surface area contributed by atoms with Crippen molar-refractivity contribution in [1.82, 2.24) is 9.97 Å². The van der Waals surface area contributed by atoms with Crippen LogP contribution in [0.2, 0.25) is 0 Å². The van der Waals surface area contributed by atoms with Crippen molar-refractivity contribution in [3.8, 4) is 0 Å². The molecule has 2 aromatic rings. The van der Waals surface area contributed by atoms with Gasteiger partial charge in [0.25, 0.3) is 5.79 Å². The van der Waals surface area contributed by atoms with Gasteiger partial charge in [-0.05, 0) is 51.1 Å². The number of ether oxygens (including phenoxy) is 2. The lowest BCUT2D eigenvalue weighted by Crippen LogP contribution is -2.42. The van der Waals surface area contributed by atoms with Crippen LogP contribution in [0.25, 0.3) is 0 Å². The first-order chi connectivity index (χ1) is 13.7. The Morgan fingerprint density at radius 3 is 2.10 bits per heavy atom. The van der Waals surface area contributed by atoms with Crippen molar-refractivity contribution in [3.63, 3.8) is 0 Å². The number of carbonyl (C=O) groups is 2. The third-order valence-electron chi connectivity index (χ3n) is 4.21. The number of nitrogens with one attached hydrogen (secondary N) is 1. The minimum absolute atomic E-state index is 0.188. The number of rotatable bonds is 5. The third kappa shape index (κ3) is 4.71. The number of hydrogen-bond acceptors (Lipinski definition) is 8. The van der Waals surface area contributed by atoms with Gasteiger partial charge in [-0.2, -0.15) is 0 Å². The molecule has 0 atom stereocenters. The monoisotopic (exact) mass is 396 g/mol. The van der Waals surface area contributed by atoms with E-state index >= 15 is 0 Å². The molecule has 152 valence electrons. The Morgan fingerprint density at radius 2 is 1.59 bits per heavy atom. The number of cyclic esters (lactones) is 2. The van der Waals surface area contributed by atoms with E-state index in [0.29, 0.717) is 18.2 Å². The van der Waals surface area contributed by atoms with Crippen LogP contribution in [-0.2, 0) is 19.1 Å². The SMILES string of the molecule is CCN(c1ccc(NC=C2C(=O)OC(C)(C)OC2=O)cc1)c1nc(C)cc(C)n1. The van der Waals surface area contributed by atoms with Gasteiger partial charge in [-0.1, -0.05) is 0 Å². The van der Waals surface area contributed by atoms with Crippen molar-refractivity contribution in [2.45, 2.75) is 40.4 Å². The van der Waals surface area contributed by atoms with Crippen LogP contribution in [-0.4, -0.2) is 34.2 Å². The molecule has 0 bridgehead atoms. The van der Waals surface area contributed by atoms with Gasteiger partial charge in [0.15, 0.2) is 5.57 Å². The molecule has 29 heavy (non-hydrogen) atoms. The summed E-state index contributed by atoms with van der Waals surface area (Å²) >= 11 is 0. The number of carbonyl (C=O) groups excluding carboxylic acids is 2. The van der Waals surface area contributed by atoms with Crippen molar-refractivity contribution < 1.29 is 19.1 Å². The molecule has 0 spiro atoms. The zero-order valence-electron chi connectivity index (χ0n) is 17.1. The largest absolute Gasteiger partial charge is 0.419 e. The first kappa shape index (κ1) is 20.3. The van der Waals surface area contributed by atoms with E-state index in [1.807, 2.05) is 56.0 Å². The van der Waals surface area contributed by atoms with Crippen molar-refractivity contribution in [1.29, 1.82) is 0 Å². The van der Waals surface area contributed by atoms with Crippen molar-refractivity contribution >= 4 is 29.3 Å². The van der Waals surface area contributed by atoms with Gasteiger partial charge in [0.05, 0.1) is 0 Å². The molecule has 0 unspecified atom stereocenters. The Balaban J connectivity index is 1.76. The van der Waals surface area contributed by atoms with E-state index in [9.17, 15) is 9.59 Å². The molecular formula is C21H24N4O4. The normalized spacial score (nSPS) is 15.4. The molecule has 3 rings (SSSR count). The topological polar surface area (TPSA) is 93.7 Å². The summed E-state index contributed by atoms with van der Waals surface area (Å²) < 4.78 is 10.1. The number of nitrogens with zero attached hydrogens (tertiary/aromatic N) is 3. The molecule has 1 saturated heterocycles. The van der Waals surface area contributed by atoms with E-state index in [-0.39, 0.29) is 5.57 Å². The molecule has 1 aliphatic rings. The quantitative estimate of drug-likeness (QED) is 0.467. The maximum Gasteiger partial charge on any atom is 0.350 e. The molecule has 1 aromatic carbocycles. The zero-order chi connectivity index (χ0) is 21.2. The van der Waals surface area contributed by atoms with Crippen LogP contribution >= 0.6 is 0 Å². The Morgan fingerprint density at radius 1 is 1.03 bits per heavy atom. The van der Waals surface area contributed by atoms with Gasteiger partial charge in [-0.3, -0.25) is 0 Å². The van der Waals surface area contributed by atoms with Crippen molar-refractivity contribution in [2.24, 2.45) is 0 Å². The molecule has 1 aliphatic heterocycles. The highest BCUT2D eigenvalue weighted by Gasteiger charge is 2.38. The lowest BCUT2D eigenvalue weighted by molar-refractivity contribution is -0.222. The number of aromatic nitrogens is 2. The van der Waals surface area contributed by atoms with Crippen molar-refractivity contribution in [2.75, 3.05) is 16.8 Å². The smallest absolute Gasteiger partial charge is 0.350 e. The first-order valence-electron chi connectivity index (χ1n) is 9.32. The minimum atomic E-state index is -1.26. The lowest BCUT2D eigenvalue weighted by atomic mass is 10.2. The maximum atomic E-state index is 12.0. The number of aryl methyl sites for hydroxylation is 2. The molecule has 8 nitrogen and oxygen atoms in total. The van der Waals surface area contributed by atoms with Gasteiger partial charge in [0, 0.05) is 49.4 Å². The van der Waals surface area contributed by atoms with Crippen LogP contribution in [0, 0.1) is 13.8 Å². The fourth-order valence-corrected chi connectivity index (χ4v) is 2.94. The summed E-state index contributed by atoms with van der Waals surface area (Å²) in [6, 6.07) is 9.42. The average molecular weight is 396 g/mol. The molecule has 0 aliphatic carbocycles. The van der Waals surface area contributed by atoms with E-state index in [4.69, 9.17) is 9.47 Å². The molecule has 2 heterocycles. The maximum absolute atomic E-state index is 12.0. The Bertz CT molecular complexity index is 925. The summed E-state index contributed by atoms with van der Waals surface area (Å²) in [6.07, 6.45) is 1.29. The summed E-state index contributed by atoms with van der Waals surface area (Å²) in [7, 11) is 0. The van der Waals surface area contributed by atoms with Crippen LogP contribution in [0.15, 0.2) is 42.1 Å².